The number of carboxylic acids is 1. The zero-order chi connectivity index (χ0) is 13.2. The molecule has 3 N–H and O–H groups in total. The highest BCUT2D eigenvalue weighted by atomic mass is 16.5. The van der Waals surface area contributed by atoms with Crippen molar-refractivity contribution >= 4 is 5.97 Å². The second kappa shape index (κ2) is 5.08. The molecule has 1 aromatic rings. The maximum atomic E-state index is 11.2. The normalized spacial score (nSPS) is 19.0. The molecule has 1 saturated heterocycles. The summed E-state index contributed by atoms with van der Waals surface area (Å²) in [5.41, 5.74) is 7.60. The first-order chi connectivity index (χ1) is 8.57. The molecule has 1 aromatic carbocycles. The van der Waals surface area contributed by atoms with Crippen LogP contribution >= 0.6 is 0 Å². The zero-order valence-corrected chi connectivity index (χ0v) is 10.6. The highest BCUT2D eigenvalue weighted by Crippen LogP contribution is 2.29. The van der Waals surface area contributed by atoms with Crippen molar-refractivity contribution in [3.05, 3.63) is 35.4 Å². The highest BCUT2D eigenvalue weighted by Gasteiger charge is 2.36. The lowest BCUT2D eigenvalue weighted by Crippen LogP contribution is -2.54. The monoisotopic (exact) mass is 249 g/mol. The molecule has 1 aliphatic heterocycles. The molecule has 2 rings (SSSR count). The Morgan fingerprint density at radius 3 is 2.44 bits per heavy atom. The minimum Gasteiger partial charge on any atom is -0.481 e. The van der Waals surface area contributed by atoms with Gasteiger partial charge in [0.2, 0.25) is 0 Å². The lowest BCUT2D eigenvalue weighted by atomic mass is 9.86. The van der Waals surface area contributed by atoms with Crippen molar-refractivity contribution in [1.82, 2.24) is 0 Å². The van der Waals surface area contributed by atoms with Crippen molar-refractivity contribution < 1.29 is 14.6 Å². The van der Waals surface area contributed by atoms with Crippen LogP contribution in [0.25, 0.3) is 0 Å². The van der Waals surface area contributed by atoms with E-state index < -0.39 is 11.9 Å². The molecule has 98 valence electrons. The highest BCUT2D eigenvalue weighted by molar-refractivity contribution is 5.76. The molecule has 4 heteroatoms. The van der Waals surface area contributed by atoms with Crippen LogP contribution in [0.3, 0.4) is 0 Å². The van der Waals surface area contributed by atoms with Crippen LogP contribution in [0.1, 0.15) is 36.8 Å². The van der Waals surface area contributed by atoms with Gasteiger partial charge >= 0.3 is 5.97 Å². The van der Waals surface area contributed by atoms with Crippen molar-refractivity contribution in [2.45, 2.75) is 31.2 Å². The van der Waals surface area contributed by atoms with Gasteiger partial charge in [0.25, 0.3) is 0 Å². The van der Waals surface area contributed by atoms with Gasteiger partial charge in [-0.25, -0.2) is 0 Å². The summed E-state index contributed by atoms with van der Waals surface area (Å²) >= 11 is 0. The molecule has 4 nitrogen and oxygen atoms in total. The maximum absolute atomic E-state index is 11.2. The fourth-order valence-electron chi connectivity index (χ4n) is 2.26. The second-order valence-corrected chi connectivity index (χ2v) is 4.95. The van der Waals surface area contributed by atoms with Crippen LogP contribution in [-0.2, 0) is 15.1 Å². The minimum atomic E-state index is -0.765. The number of hydrogen-bond donors (Lipinski definition) is 2. The third kappa shape index (κ3) is 2.40. The first kappa shape index (κ1) is 13.1. The molecule has 1 unspecified atom stereocenters. The lowest BCUT2D eigenvalue weighted by Gasteiger charge is -2.38. The van der Waals surface area contributed by atoms with Gasteiger partial charge in [0.15, 0.2) is 0 Å². The Labute approximate surface area is 107 Å². The van der Waals surface area contributed by atoms with Crippen molar-refractivity contribution in [1.29, 1.82) is 0 Å². The zero-order valence-electron chi connectivity index (χ0n) is 10.6. The third-order valence-electron chi connectivity index (χ3n) is 3.48. The molecule has 0 amide bonds. The topological polar surface area (TPSA) is 72.5 Å². The van der Waals surface area contributed by atoms with Gasteiger partial charge in [-0.2, -0.15) is 0 Å². The van der Waals surface area contributed by atoms with Crippen molar-refractivity contribution in [3.8, 4) is 0 Å². The number of ether oxygens (including phenoxy) is 1. The fraction of sp³-hybridized carbons (Fsp3) is 0.500. The summed E-state index contributed by atoms with van der Waals surface area (Å²) < 4.78 is 5.13. The fourth-order valence-corrected chi connectivity index (χ4v) is 2.26. The van der Waals surface area contributed by atoms with Gasteiger partial charge in [0, 0.05) is 0 Å². The van der Waals surface area contributed by atoms with E-state index in [0.29, 0.717) is 19.6 Å². The van der Waals surface area contributed by atoms with E-state index in [9.17, 15) is 9.90 Å². The van der Waals surface area contributed by atoms with Crippen LogP contribution < -0.4 is 5.73 Å². The number of carboxylic acid groups (broad SMARTS) is 1. The average Bonchev–Trinajstić information content (AvgIpc) is 2.33. The van der Waals surface area contributed by atoms with Gasteiger partial charge in [-0.15, -0.1) is 0 Å². The standard InChI is InChI=1S/C14H19NO3/c1-2-3-12(13(16)17)10-4-6-11(7-5-10)14(15)8-18-9-14/h4-7,12H,2-3,8-9,15H2,1H3,(H,16,17). The number of carbonyl (C=O) groups is 1. The van der Waals surface area contributed by atoms with Gasteiger partial charge in [-0.05, 0) is 17.5 Å². The van der Waals surface area contributed by atoms with Gasteiger partial charge < -0.3 is 15.6 Å². The average molecular weight is 249 g/mol. The Bertz CT molecular complexity index is 423. The Morgan fingerprint density at radius 1 is 1.44 bits per heavy atom. The Hall–Kier alpha value is -1.39. The van der Waals surface area contributed by atoms with E-state index in [2.05, 4.69) is 0 Å². The van der Waals surface area contributed by atoms with Crippen molar-refractivity contribution in [3.63, 3.8) is 0 Å². The molecule has 0 aromatic heterocycles. The summed E-state index contributed by atoms with van der Waals surface area (Å²) in [6.45, 7) is 3.05. The smallest absolute Gasteiger partial charge is 0.310 e. The number of rotatable bonds is 5. The molecule has 0 spiro atoms. The molecule has 0 bridgehead atoms. The molecule has 18 heavy (non-hydrogen) atoms. The van der Waals surface area contributed by atoms with E-state index in [1.165, 1.54) is 0 Å². The third-order valence-corrected chi connectivity index (χ3v) is 3.48. The number of benzene rings is 1. The summed E-state index contributed by atoms with van der Waals surface area (Å²) in [5, 5.41) is 9.20. The summed E-state index contributed by atoms with van der Waals surface area (Å²) in [6, 6.07) is 7.58. The van der Waals surface area contributed by atoms with Crippen molar-refractivity contribution in [2.75, 3.05) is 13.2 Å². The predicted octanol–water partition coefficient (Wildman–Crippen LogP) is 1.84. The van der Waals surface area contributed by atoms with Gasteiger partial charge in [0.05, 0.1) is 24.7 Å². The van der Waals surface area contributed by atoms with Crippen molar-refractivity contribution in [2.24, 2.45) is 5.73 Å². The van der Waals surface area contributed by atoms with E-state index in [1.54, 1.807) is 0 Å². The molecule has 1 fully saturated rings. The number of nitrogens with two attached hydrogens (primary N) is 1. The molecular weight excluding hydrogens is 230 g/mol. The number of hydrogen-bond acceptors (Lipinski definition) is 3. The van der Waals surface area contributed by atoms with Gasteiger partial charge in [-0.1, -0.05) is 37.6 Å². The minimum absolute atomic E-state index is 0.387. The Kier molecular flexibility index (Phi) is 3.68. The van der Waals surface area contributed by atoms with E-state index in [4.69, 9.17) is 10.5 Å². The van der Waals surface area contributed by atoms with Crippen LogP contribution in [0.5, 0.6) is 0 Å². The van der Waals surface area contributed by atoms with E-state index in [1.807, 2.05) is 31.2 Å². The van der Waals surface area contributed by atoms with E-state index in [0.717, 1.165) is 17.5 Å². The quantitative estimate of drug-likeness (QED) is 0.835. The molecule has 0 radical (unpaired) electrons. The van der Waals surface area contributed by atoms with Crippen LogP contribution in [0.4, 0.5) is 0 Å². The first-order valence-corrected chi connectivity index (χ1v) is 6.26. The summed E-state index contributed by atoms with van der Waals surface area (Å²) in [6.07, 6.45) is 1.51. The van der Waals surface area contributed by atoms with Gasteiger partial charge in [0.1, 0.15) is 0 Å². The van der Waals surface area contributed by atoms with Gasteiger partial charge in [-0.3, -0.25) is 4.79 Å². The molecular formula is C14H19NO3. The van der Waals surface area contributed by atoms with Crippen LogP contribution in [-0.4, -0.2) is 24.3 Å². The largest absolute Gasteiger partial charge is 0.481 e. The molecule has 0 aliphatic carbocycles. The molecule has 1 atom stereocenters. The van der Waals surface area contributed by atoms with Crippen LogP contribution in [0, 0.1) is 0 Å². The van der Waals surface area contributed by atoms with E-state index in [-0.39, 0.29) is 5.54 Å². The number of aliphatic carboxylic acids is 1. The Balaban J connectivity index is 2.18. The second-order valence-electron chi connectivity index (χ2n) is 4.95. The summed E-state index contributed by atoms with van der Waals surface area (Å²) in [4.78, 5) is 11.2. The summed E-state index contributed by atoms with van der Waals surface area (Å²) in [7, 11) is 0. The summed E-state index contributed by atoms with van der Waals surface area (Å²) in [5.74, 6) is -1.19. The first-order valence-electron chi connectivity index (χ1n) is 6.26. The molecule has 1 heterocycles. The molecule has 1 aliphatic rings. The maximum Gasteiger partial charge on any atom is 0.310 e. The molecule has 0 saturated carbocycles. The lowest BCUT2D eigenvalue weighted by molar-refractivity contribution is -0.139. The predicted molar refractivity (Wildman–Crippen MR) is 68.4 cm³/mol. The van der Waals surface area contributed by atoms with E-state index >= 15 is 0 Å². The SMILES string of the molecule is CCCC(C(=O)O)c1ccc(C2(N)COC2)cc1. The van der Waals surface area contributed by atoms with Crippen LogP contribution in [0.2, 0.25) is 0 Å². The van der Waals surface area contributed by atoms with Crippen LogP contribution in [0.15, 0.2) is 24.3 Å². The Morgan fingerprint density at radius 2 is 2.06 bits per heavy atom.